The summed E-state index contributed by atoms with van der Waals surface area (Å²) in [6.45, 7) is 2.15. The lowest BCUT2D eigenvalue weighted by atomic mass is 10.1. The van der Waals surface area contributed by atoms with Crippen LogP contribution in [0.2, 0.25) is 5.02 Å². The van der Waals surface area contributed by atoms with Crippen molar-refractivity contribution in [3.05, 3.63) is 92.3 Å². The number of benzene rings is 3. The Morgan fingerprint density at radius 3 is 2.00 bits per heavy atom. The van der Waals surface area contributed by atoms with E-state index in [0.717, 1.165) is 43.6 Å². The van der Waals surface area contributed by atoms with Crippen LogP contribution in [0.5, 0.6) is 0 Å². The zero-order valence-corrected chi connectivity index (χ0v) is 19.1. The van der Waals surface area contributed by atoms with Gasteiger partial charge in [-0.05, 0) is 42.3 Å². The number of rotatable bonds is 4. The Bertz CT molecular complexity index is 1120. The Morgan fingerprint density at radius 2 is 1.39 bits per heavy atom. The van der Waals surface area contributed by atoms with Crippen LogP contribution < -0.4 is 0 Å². The summed E-state index contributed by atoms with van der Waals surface area (Å²) in [7, 11) is 0. The number of hydrogen-bond donors (Lipinski definition) is 0. The van der Waals surface area contributed by atoms with Gasteiger partial charge in [0.25, 0.3) is 0 Å². The van der Waals surface area contributed by atoms with Gasteiger partial charge in [-0.1, -0.05) is 92.8 Å². The molecule has 0 spiro atoms. The summed E-state index contributed by atoms with van der Waals surface area (Å²) in [6.07, 6.45) is 0.918. The van der Waals surface area contributed by atoms with Crippen LogP contribution >= 0.6 is 43.5 Å². The van der Waals surface area contributed by atoms with E-state index in [0.29, 0.717) is 5.02 Å². The molecule has 0 aliphatic rings. The smallest absolute Gasteiger partial charge is 0.112 e. The first-order valence-electron chi connectivity index (χ1n) is 8.97. The van der Waals surface area contributed by atoms with Crippen LogP contribution in [-0.4, -0.2) is 9.78 Å². The van der Waals surface area contributed by atoms with Gasteiger partial charge in [-0.3, -0.25) is 0 Å². The van der Waals surface area contributed by atoms with Gasteiger partial charge in [0.05, 0.1) is 16.4 Å². The maximum Gasteiger partial charge on any atom is 0.112 e. The number of nitrogens with zero attached hydrogens (tertiary/aromatic N) is 2. The monoisotopic (exact) mass is 514 g/mol. The van der Waals surface area contributed by atoms with Gasteiger partial charge in [-0.2, -0.15) is 5.10 Å². The van der Waals surface area contributed by atoms with Crippen molar-refractivity contribution in [1.29, 1.82) is 0 Å². The van der Waals surface area contributed by atoms with E-state index in [9.17, 15) is 0 Å². The first-order chi connectivity index (χ1) is 13.6. The second-order valence-corrected chi connectivity index (χ2v) is 8.63. The van der Waals surface area contributed by atoms with Crippen LogP contribution in [-0.2, 0) is 6.42 Å². The third kappa shape index (κ3) is 3.69. The van der Waals surface area contributed by atoms with Crippen molar-refractivity contribution in [3.63, 3.8) is 0 Å². The molecule has 5 heteroatoms. The van der Waals surface area contributed by atoms with E-state index in [2.05, 4.69) is 69.1 Å². The highest BCUT2D eigenvalue weighted by Gasteiger charge is 2.21. The molecule has 0 unspecified atom stereocenters. The van der Waals surface area contributed by atoms with E-state index in [-0.39, 0.29) is 0 Å². The van der Waals surface area contributed by atoms with Crippen LogP contribution in [0.1, 0.15) is 12.5 Å². The Morgan fingerprint density at radius 1 is 0.821 bits per heavy atom. The first-order valence-corrected chi connectivity index (χ1v) is 10.9. The Hall–Kier alpha value is -1.88. The molecule has 0 radical (unpaired) electrons. The van der Waals surface area contributed by atoms with E-state index in [1.807, 2.05) is 47.1 Å². The highest BCUT2D eigenvalue weighted by atomic mass is 79.9. The maximum atomic E-state index is 6.92. The molecule has 0 aliphatic heterocycles. The van der Waals surface area contributed by atoms with E-state index in [1.165, 1.54) is 5.56 Å². The molecule has 0 saturated heterocycles. The van der Waals surface area contributed by atoms with Gasteiger partial charge in [0, 0.05) is 20.1 Å². The van der Waals surface area contributed by atoms with Crippen molar-refractivity contribution in [3.8, 4) is 28.2 Å². The van der Waals surface area contributed by atoms with Gasteiger partial charge < -0.3 is 0 Å². The predicted molar refractivity (Wildman–Crippen MR) is 124 cm³/mol. The summed E-state index contributed by atoms with van der Waals surface area (Å²) in [5.41, 5.74) is 5.95. The lowest BCUT2D eigenvalue weighted by Gasteiger charge is -2.12. The van der Waals surface area contributed by atoms with Gasteiger partial charge in [-0.25, -0.2) is 4.68 Å². The molecule has 2 nitrogen and oxygen atoms in total. The van der Waals surface area contributed by atoms with Crippen LogP contribution in [0, 0.1) is 0 Å². The molecule has 140 valence electrons. The summed E-state index contributed by atoms with van der Waals surface area (Å²) in [6, 6.07) is 24.5. The second-order valence-electron chi connectivity index (χ2n) is 6.42. The molecule has 0 atom stereocenters. The van der Waals surface area contributed by atoms with Gasteiger partial charge in [0.2, 0.25) is 0 Å². The zero-order chi connectivity index (χ0) is 19.7. The van der Waals surface area contributed by atoms with Gasteiger partial charge in [0.15, 0.2) is 0 Å². The first kappa shape index (κ1) is 19.4. The minimum atomic E-state index is 0.649. The summed E-state index contributed by atoms with van der Waals surface area (Å²) in [5.74, 6) is 0. The summed E-state index contributed by atoms with van der Waals surface area (Å²) in [5, 5.41) is 5.59. The second kappa shape index (κ2) is 8.24. The van der Waals surface area contributed by atoms with Gasteiger partial charge in [-0.15, -0.1) is 0 Å². The SMILES string of the molecule is CCc1ccccc1-n1nc(-c2ccc(Br)cc2)c(Cl)c1-c1ccc(Br)cc1. The van der Waals surface area contributed by atoms with Crippen molar-refractivity contribution in [2.75, 3.05) is 0 Å². The van der Waals surface area contributed by atoms with Crippen LogP contribution in [0.15, 0.2) is 81.7 Å². The normalized spacial score (nSPS) is 11.0. The molecule has 1 heterocycles. The number of hydrogen-bond acceptors (Lipinski definition) is 1. The van der Waals surface area contributed by atoms with Crippen molar-refractivity contribution < 1.29 is 0 Å². The molecule has 0 aliphatic carbocycles. The van der Waals surface area contributed by atoms with E-state index in [1.54, 1.807) is 0 Å². The number of para-hydroxylation sites is 1. The molecule has 0 saturated carbocycles. The van der Waals surface area contributed by atoms with E-state index < -0.39 is 0 Å². The molecular weight excluding hydrogens is 500 g/mol. The summed E-state index contributed by atoms with van der Waals surface area (Å²) in [4.78, 5) is 0. The van der Waals surface area contributed by atoms with Crippen molar-refractivity contribution >= 4 is 43.5 Å². The van der Waals surface area contributed by atoms with E-state index >= 15 is 0 Å². The van der Waals surface area contributed by atoms with Crippen LogP contribution in [0.3, 0.4) is 0 Å². The molecule has 0 bridgehead atoms. The third-order valence-electron chi connectivity index (χ3n) is 4.66. The van der Waals surface area contributed by atoms with Crippen molar-refractivity contribution in [1.82, 2.24) is 9.78 Å². The highest BCUT2D eigenvalue weighted by molar-refractivity contribution is 9.10. The van der Waals surface area contributed by atoms with E-state index in [4.69, 9.17) is 16.7 Å². The molecule has 4 aromatic rings. The van der Waals surface area contributed by atoms with Crippen LogP contribution in [0.4, 0.5) is 0 Å². The number of halogens is 3. The standard InChI is InChI=1S/C23H17Br2ClN2/c1-2-15-5-3-4-6-20(15)28-23(17-9-13-19(25)14-10-17)21(26)22(27-28)16-7-11-18(24)12-8-16/h3-14H,2H2,1H3. The topological polar surface area (TPSA) is 17.8 Å². The van der Waals surface area contributed by atoms with Crippen molar-refractivity contribution in [2.45, 2.75) is 13.3 Å². The zero-order valence-electron chi connectivity index (χ0n) is 15.2. The van der Waals surface area contributed by atoms with Gasteiger partial charge in [0.1, 0.15) is 5.69 Å². The number of aryl methyl sites for hydroxylation is 1. The Labute approximate surface area is 186 Å². The third-order valence-corrected chi connectivity index (χ3v) is 6.08. The fraction of sp³-hybridized carbons (Fsp3) is 0.0870. The van der Waals surface area contributed by atoms with Crippen LogP contribution in [0.25, 0.3) is 28.2 Å². The molecule has 4 rings (SSSR count). The Balaban J connectivity index is 1.99. The number of aromatic nitrogens is 2. The van der Waals surface area contributed by atoms with Crippen molar-refractivity contribution in [2.24, 2.45) is 0 Å². The molecule has 28 heavy (non-hydrogen) atoms. The highest BCUT2D eigenvalue weighted by Crippen LogP contribution is 2.39. The maximum absolute atomic E-state index is 6.92. The fourth-order valence-corrected chi connectivity index (χ4v) is 4.10. The lowest BCUT2D eigenvalue weighted by molar-refractivity contribution is 0.873. The summed E-state index contributed by atoms with van der Waals surface area (Å²) >= 11 is 13.9. The average molecular weight is 517 g/mol. The molecule has 0 fully saturated rings. The predicted octanol–water partition coefficient (Wildman–Crippen LogP) is 7.95. The molecule has 3 aromatic carbocycles. The molecule has 0 N–H and O–H groups in total. The Kier molecular flexibility index (Phi) is 5.72. The minimum absolute atomic E-state index is 0.649. The average Bonchev–Trinajstić information content (AvgIpc) is 3.06. The largest absolute Gasteiger partial charge is 0.231 e. The minimum Gasteiger partial charge on any atom is -0.231 e. The molecule has 0 amide bonds. The van der Waals surface area contributed by atoms with Gasteiger partial charge >= 0.3 is 0 Å². The quantitative estimate of drug-likeness (QED) is 0.269. The molecule has 1 aromatic heterocycles. The lowest BCUT2D eigenvalue weighted by Crippen LogP contribution is -2.03. The molecular formula is C23H17Br2ClN2. The fourth-order valence-electron chi connectivity index (χ4n) is 3.24. The summed E-state index contributed by atoms with van der Waals surface area (Å²) < 4.78 is 4.03.